The second kappa shape index (κ2) is 19.5. The topological polar surface area (TPSA) is 116 Å². The van der Waals surface area contributed by atoms with E-state index < -0.39 is 11.9 Å². The van der Waals surface area contributed by atoms with Crippen molar-refractivity contribution in [3.05, 3.63) is 70.8 Å². The molecule has 0 amide bonds. The molecule has 0 saturated carbocycles. The van der Waals surface area contributed by atoms with Crippen molar-refractivity contribution >= 4 is 35.5 Å². The molecule has 0 atom stereocenters. The lowest BCUT2D eigenvalue weighted by Gasteiger charge is -2.24. The van der Waals surface area contributed by atoms with Crippen molar-refractivity contribution in [2.45, 2.75) is 40.5 Å². The Labute approximate surface area is 255 Å². The number of ether oxygens (including phenoxy) is 3. The fourth-order valence-corrected chi connectivity index (χ4v) is 4.34. The molecule has 0 heterocycles. The lowest BCUT2D eigenvalue weighted by Crippen LogP contribution is -2.26. The molecule has 2 rings (SSSR count). The lowest BCUT2D eigenvalue weighted by molar-refractivity contribution is -0.138. The number of hydrogen-bond acceptors (Lipinski definition) is 9. The maximum absolute atomic E-state index is 11.9. The summed E-state index contributed by atoms with van der Waals surface area (Å²) in [4.78, 5) is 28.2. The highest BCUT2D eigenvalue weighted by atomic mass is 16.5. The van der Waals surface area contributed by atoms with E-state index in [0.717, 1.165) is 61.5 Å². The first-order valence-electron chi connectivity index (χ1n) is 14.8. The monoisotopic (exact) mass is 586 g/mol. The number of hydrogen-bond donors (Lipinski definition) is 0. The van der Waals surface area contributed by atoms with Crippen LogP contribution in [-0.4, -0.2) is 64.5 Å². The lowest BCUT2D eigenvalue weighted by atomic mass is 10.1. The number of esters is 2. The van der Waals surface area contributed by atoms with Gasteiger partial charge < -0.3 is 24.0 Å². The third-order valence-corrected chi connectivity index (χ3v) is 6.57. The van der Waals surface area contributed by atoms with Gasteiger partial charge in [-0.2, -0.15) is 10.5 Å². The van der Waals surface area contributed by atoms with Crippen molar-refractivity contribution < 1.29 is 23.8 Å². The first-order valence-corrected chi connectivity index (χ1v) is 14.8. The van der Waals surface area contributed by atoms with Gasteiger partial charge in [-0.3, -0.25) is 0 Å². The summed E-state index contributed by atoms with van der Waals surface area (Å²) in [7, 11) is 0. The molecule has 9 nitrogen and oxygen atoms in total. The maximum atomic E-state index is 11.9. The predicted molar refractivity (Wildman–Crippen MR) is 169 cm³/mol. The predicted octanol–water partition coefficient (Wildman–Crippen LogP) is 5.78. The zero-order valence-electron chi connectivity index (χ0n) is 25.7. The Kier molecular flexibility index (Phi) is 15.7. The normalized spacial score (nSPS) is 11.3. The molecule has 0 unspecified atom stereocenters. The van der Waals surface area contributed by atoms with E-state index in [1.165, 1.54) is 12.2 Å². The van der Waals surface area contributed by atoms with Crippen LogP contribution in [0.2, 0.25) is 0 Å². The fourth-order valence-electron chi connectivity index (χ4n) is 4.34. The minimum absolute atomic E-state index is 0.0191. The second-order valence-electron chi connectivity index (χ2n) is 9.44. The zero-order chi connectivity index (χ0) is 31.5. The second-order valence-corrected chi connectivity index (χ2v) is 9.44. The molecule has 0 aliphatic carbocycles. The summed E-state index contributed by atoms with van der Waals surface area (Å²) < 4.78 is 15.8. The largest absolute Gasteiger partial charge is 0.462 e. The fraction of sp³-hybridized carbons (Fsp3) is 0.412. The van der Waals surface area contributed by atoms with Crippen LogP contribution in [0.5, 0.6) is 0 Å². The first-order chi connectivity index (χ1) is 20.9. The molecule has 2 aromatic rings. The van der Waals surface area contributed by atoms with Crippen molar-refractivity contribution in [3.8, 4) is 12.1 Å². The van der Waals surface area contributed by atoms with E-state index in [2.05, 4.69) is 23.6 Å². The van der Waals surface area contributed by atoms with E-state index in [1.54, 1.807) is 13.8 Å². The first kappa shape index (κ1) is 34.6. The molecule has 0 aliphatic rings. The van der Waals surface area contributed by atoms with Gasteiger partial charge in [-0.15, -0.1) is 0 Å². The standard InChI is InChI=1S/C34H42N4O5/c1-5-37(31-15-11-27(12-16-31)23-29(25-35)33(39)42-7-3)19-9-21-41-22-10-20-38(6-2)32-17-13-28(14-18-32)24-30(26-36)34(40)43-8-4/h11-18,23-24H,5-10,19-22H2,1-4H3. The summed E-state index contributed by atoms with van der Waals surface area (Å²) in [5, 5.41) is 18.5. The van der Waals surface area contributed by atoms with Crippen LogP contribution in [0.4, 0.5) is 11.4 Å². The minimum Gasteiger partial charge on any atom is -0.462 e. The van der Waals surface area contributed by atoms with E-state index >= 15 is 0 Å². The van der Waals surface area contributed by atoms with Gasteiger partial charge in [0.1, 0.15) is 23.3 Å². The Bertz CT molecular complexity index is 1200. The molecule has 9 heteroatoms. The number of carbonyl (C=O) groups is 2. The molecule has 0 bridgehead atoms. The number of rotatable bonds is 18. The van der Waals surface area contributed by atoms with Gasteiger partial charge in [0.15, 0.2) is 0 Å². The molecule has 0 spiro atoms. The quantitative estimate of drug-likeness (QED) is 0.0928. The van der Waals surface area contributed by atoms with Crippen LogP contribution in [0, 0.1) is 22.7 Å². The molecule has 2 aromatic carbocycles. The number of nitriles is 2. The molecule has 228 valence electrons. The number of benzene rings is 2. The Hall–Kier alpha value is -4.60. The average Bonchev–Trinajstić information content (AvgIpc) is 3.03. The van der Waals surface area contributed by atoms with Crippen LogP contribution in [0.25, 0.3) is 12.2 Å². The van der Waals surface area contributed by atoms with Gasteiger partial charge in [0, 0.05) is 50.8 Å². The van der Waals surface area contributed by atoms with E-state index in [1.807, 2.05) is 60.7 Å². The molecular weight excluding hydrogens is 544 g/mol. The molecule has 0 aliphatic heterocycles. The SMILES string of the molecule is CCOC(=O)C(C#N)=Cc1ccc(N(CC)CCCOCCCN(CC)c2ccc(C=C(C#N)C(=O)OCC)cc2)cc1. The summed E-state index contributed by atoms with van der Waals surface area (Å²) >= 11 is 0. The highest BCUT2D eigenvalue weighted by Gasteiger charge is 2.12. The summed E-state index contributed by atoms with van der Waals surface area (Å²) in [6, 6.07) is 19.3. The van der Waals surface area contributed by atoms with E-state index in [0.29, 0.717) is 13.2 Å². The van der Waals surface area contributed by atoms with E-state index in [9.17, 15) is 20.1 Å². The van der Waals surface area contributed by atoms with Crippen LogP contribution in [0.1, 0.15) is 51.7 Å². The van der Waals surface area contributed by atoms with Crippen molar-refractivity contribution in [2.24, 2.45) is 0 Å². The van der Waals surface area contributed by atoms with Crippen molar-refractivity contribution in [1.29, 1.82) is 10.5 Å². The summed E-state index contributed by atoms with van der Waals surface area (Å²) in [5.74, 6) is -1.23. The summed E-state index contributed by atoms with van der Waals surface area (Å²) in [6.45, 7) is 12.8. The number of anilines is 2. The van der Waals surface area contributed by atoms with Crippen LogP contribution in [0.15, 0.2) is 59.7 Å². The zero-order valence-corrected chi connectivity index (χ0v) is 25.7. The van der Waals surface area contributed by atoms with Crippen LogP contribution >= 0.6 is 0 Å². The third kappa shape index (κ3) is 11.7. The third-order valence-electron chi connectivity index (χ3n) is 6.57. The molecule has 0 aromatic heterocycles. The van der Waals surface area contributed by atoms with Gasteiger partial charge in [0.2, 0.25) is 0 Å². The van der Waals surface area contributed by atoms with Gasteiger partial charge in [-0.05, 0) is 88.1 Å². The van der Waals surface area contributed by atoms with Crippen LogP contribution in [0.3, 0.4) is 0 Å². The van der Waals surface area contributed by atoms with Crippen LogP contribution in [-0.2, 0) is 23.8 Å². The van der Waals surface area contributed by atoms with Gasteiger partial charge >= 0.3 is 11.9 Å². The Balaban J connectivity index is 1.78. The van der Waals surface area contributed by atoms with Crippen LogP contribution < -0.4 is 9.80 Å². The minimum atomic E-state index is -0.613. The highest BCUT2D eigenvalue weighted by Crippen LogP contribution is 2.19. The van der Waals surface area contributed by atoms with Crippen molar-refractivity contribution in [2.75, 3.05) is 62.4 Å². The van der Waals surface area contributed by atoms with Gasteiger partial charge in [-0.1, -0.05) is 24.3 Å². The summed E-state index contributed by atoms with van der Waals surface area (Å²) in [5.41, 5.74) is 3.63. The Morgan fingerprint density at radius 2 is 1.05 bits per heavy atom. The number of nitrogens with zero attached hydrogens (tertiary/aromatic N) is 4. The Morgan fingerprint density at radius 3 is 1.35 bits per heavy atom. The summed E-state index contributed by atoms with van der Waals surface area (Å²) in [6.07, 6.45) is 4.86. The molecule has 0 N–H and O–H groups in total. The molecule has 0 radical (unpaired) electrons. The van der Waals surface area contributed by atoms with Crippen molar-refractivity contribution in [1.82, 2.24) is 0 Å². The maximum Gasteiger partial charge on any atom is 0.348 e. The number of carbonyl (C=O) groups excluding carboxylic acids is 2. The molecule has 43 heavy (non-hydrogen) atoms. The molecular formula is C34H42N4O5. The average molecular weight is 587 g/mol. The van der Waals surface area contributed by atoms with Crippen molar-refractivity contribution in [3.63, 3.8) is 0 Å². The Morgan fingerprint density at radius 1 is 0.674 bits per heavy atom. The van der Waals surface area contributed by atoms with Gasteiger partial charge in [0.05, 0.1) is 13.2 Å². The molecule has 0 saturated heterocycles. The van der Waals surface area contributed by atoms with Gasteiger partial charge in [-0.25, -0.2) is 9.59 Å². The smallest absolute Gasteiger partial charge is 0.348 e. The van der Waals surface area contributed by atoms with E-state index in [-0.39, 0.29) is 24.4 Å². The van der Waals surface area contributed by atoms with Gasteiger partial charge in [0.25, 0.3) is 0 Å². The van der Waals surface area contributed by atoms with E-state index in [4.69, 9.17) is 14.2 Å². The molecule has 0 fully saturated rings. The highest BCUT2D eigenvalue weighted by molar-refractivity contribution is 5.98.